The van der Waals surface area contributed by atoms with Crippen LogP contribution in [0.1, 0.15) is 37.0 Å². The first-order chi connectivity index (χ1) is 5.15. The van der Waals surface area contributed by atoms with Crippen molar-refractivity contribution in [2.45, 2.75) is 32.6 Å². The Hall–Kier alpha value is -0.500. The zero-order chi connectivity index (χ0) is 8.43. The highest BCUT2D eigenvalue weighted by atomic mass is 35.5. The molecule has 0 unspecified atom stereocenters. The summed E-state index contributed by atoms with van der Waals surface area (Å²) >= 11 is 5.72. The summed E-state index contributed by atoms with van der Waals surface area (Å²) in [5, 5.41) is 0. The monoisotopic (exact) mass is 172 g/mol. The number of rotatable bonds is 2. The molecule has 2 nitrogen and oxygen atoms in total. The summed E-state index contributed by atoms with van der Waals surface area (Å²) in [4.78, 5) is 7.47. The van der Waals surface area contributed by atoms with Crippen LogP contribution in [0.4, 0.5) is 0 Å². The third-order valence-electron chi connectivity index (χ3n) is 1.61. The molecule has 0 saturated carbocycles. The Labute approximate surface area is 72.0 Å². The standard InChI is InChI=1S/C8H13ClN2/c1-5(2)8-7(4-9)10-6(3)11-8/h5H,4H2,1-3H3,(H,10,11). The minimum Gasteiger partial charge on any atom is -0.345 e. The number of aryl methyl sites for hydroxylation is 1. The molecule has 1 rings (SSSR count). The number of H-pyrrole nitrogens is 1. The van der Waals surface area contributed by atoms with Crippen LogP contribution in [0.25, 0.3) is 0 Å². The highest BCUT2D eigenvalue weighted by molar-refractivity contribution is 6.17. The highest BCUT2D eigenvalue weighted by Gasteiger charge is 2.09. The van der Waals surface area contributed by atoms with Crippen LogP contribution in [0.3, 0.4) is 0 Å². The average molecular weight is 173 g/mol. The molecule has 1 N–H and O–H groups in total. The summed E-state index contributed by atoms with van der Waals surface area (Å²) in [6.45, 7) is 6.18. The van der Waals surface area contributed by atoms with Gasteiger partial charge in [-0.15, -0.1) is 11.6 Å². The predicted octanol–water partition coefficient (Wildman–Crippen LogP) is 2.58. The quantitative estimate of drug-likeness (QED) is 0.683. The number of nitrogens with zero attached hydrogens (tertiary/aromatic N) is 1. The van der Waals surface area contributed by atoms with Crippen molar-refractivity contribution >= 4 is 11.6 Å². The predicted molar refractivity (Wildman–Crippen MR) is 47.0 cm³/mol. The molecule has 0 saturated heterocycles. The van der Waals surface area contributed by atoms with Gasteiger partial charge in [-0.3, -0.25) is 0 Å². The second kappa shape index (κ2) is 3.26. The molecule has 11 heavy (non-hydrogen) atoms. The van der Waals surface area contributed by atoms with Crippen LogP contribution in [0.2, 0.25) is 0 Å². The fourth-order valence-corrected chi connectivity index (χ4v) is 1.34. The molecule has 1 aromatic heterocycles. The Morgan fingerprint density at radius 3 is 2.55 bits per heavy atom. The van der Waals surface area contributed by atoms with Gasteiger partial charge in [-0.2, -0.15) is 0 Å². The van der Waals surface area contributed by atoms with Crippen molar-refractivity contribution in [3.63, 3.8) is 0 Å². The summed E-state index contributed by atoms with van der Waals surface area (Å²) in [5.74, 6) is 1.92. The van der Waals surface area contributed by atoms with Gasteiger partial charge in [0.1, 0.15) is 5.82 Å². The molecule has 0 aliphatic carbocycles. The molecule has 62 valence electrons. The van der Waals surface area contributed by atoms with E-state index in [0.717, 1.165) is 17.2 Å². The Morgan fingerprint density at radius 1 is 1.55 bits per heavy atom. The van der Waals surface area contributed by atoms with E-state index in [1.54, 1.807) is 0 Å². The van der Waals surface area contributed by atoms with Crippen LogP contribution < -0.4 is 0 Å². The largest absolute Gasteiger partial charge is 0.345 e. The Balaban J connectivity index is 3.02. The first-order valence-corrected chi connectivity index (χ1v) is 4.30. The molecule has 0 spiro atoms. The fourth-order valence-electron chi connectivity index (χ4n) is 1.14. The zero-order valence-corrected chi connectivity index (χ0v) is 7.87. The number of halogens is 1. The molecule has 0 amide bonds. The molecule has 0 aromatic carbocycles. The van der Waals surface area contributed by atoms with Crippen LogP contribution in [0.5, 0.6) is 0 Å². The van der Waals surface area contributed by atoms with E-state index in [0.29, 0.717) is 11.8 Å². The van der Waals surface area contributed by atoms with Crippen molar-refractivity contribution in [3.05, 3.63) is 17.2 Å². The van der Waals surface area contributed by atoms with Gasteiger partial charge in [-0.05, 0) is 12.8 Å². The molecule has 0 radical (unpaired) electrons. The zero-order valence-electron chi connectivity index (χ0n) is 7.11. The van der Waals surface area contributed by atoms with Crippen LogP contribution in [0, 0.1) is 6.92 Å². The van der Waals surface area contributed by atoms with Crippen LogP contribution in [0.15, 0.2) is 0 Å². The lowest BCUT2D eigenvalue weighted by Gasteiger charge is -2.00. The van der Waals surface area contributed by atoms with Gasteiger partial charge in [0.15, 0.2) is 0 Å². The lowest BCUT2D eigenvalue weighted by atomic mass is 10.1. The minimum absolute atomic E-state index is 0.452. The second-order valence-electron chi connectivity index (χ2n) is 2.97. The SMILES string of the molecule is Cc1nc(C(C)C)c(CCl)[nH]1. The molecule has 0 aliphatic heterocycles. The Morgan fingerprint density at radius 2 is 2.18 bits per heavy atom. The minimum atomic E-state index is 0.452. The molecule has 3 heteroatoms. The first kappa shape index (κ1) is 8.60. The van der Waals surface area contributed by atoms with Gasteiger partial charge in [-0.1, -0.05) is 13.8 Å². The number of hydrogen-bond acceptors (Lipinski definition) is 1. The second-order valence-corrected chi connectivity index (χ2v) is 3.24. The molecule has 0 aliphatic rings. The van der Waals surface area contributed by atoms with E-state index in [2.05, 4.69) is 23.8 Å². The topological polar surface area (TPSA) is 28.7 Å². The van der Waals surface area contributed by atoms with Gasteiger partial charge < -0.3 is 4.98 Å². The molecular weight excluding hydrogens is 160 g/mol. The van der Waals surface area contributed by atoms with E-state index in [1.165, 1.54) is 0 Å². The van der Waals surface area contributed by atoms with Gasteiger partial charge in [0.05, 0.1) is 17.3 Å². The lowest BCUT2D eigenvalue weighted by molar-refractivity contribution is 0.817. The molecular formula is C8H13ClN2. The smallest absolute Gasteiger partial charge is 0.103 e. The summed E-state index contributed by atoms with van der Waals surface area (Å²) in [6, 6.07) is 0. The van der Waals surface area contributed by atoms with Gasteiger partial charge in [0.25, 0.3) is 0 Å². The third-order valence-corrected chi connectivity index (χ3v) is 1.88. The van der Waals surface area contributed by atoms with Crippen molar-refractivity contribution in [1.29, 1.82) is 0 Å². The summed E-state index contributed by atoms with van der Waals surface area (Å²) in [6.07, 6.45) is 0. The maximum Gasteiger partial charge on any atom is 0.103 e. The average Bonchev–Trinajstić information content (AvgIpc) is 2.30. The van der Waals surface area contributed by atoms with E-state index in [1.807, 2.05) is 6.92 Å². The van der Waals surface area contributed by atoms with Gasteiger partial charge in [-0.25, -0.2) is 4.98 Å². The van der Waals surface area contributed by atoms with Crippen molar-refractivity contribution in [3.8, 4) is 0 Å². The maximum absolute atomic E-state index is 5.72. The van der Waals surface area contributed by atoms with Crippen molar-refractivity contribution in [2.24, 2.45) is 0 Å². The Kier molecular flexibility index (Phi) is 2.55. The van der Waals surface area contributed by atoms with E-state index in [9.17, 15) is 0 Å². The number of nitrogens with one attached hydrogen (secondary N) is 1. The summed E-state index contributed by atoms with van der Waals surface area (Å²) in [7, 11) is 0. The van der Waals surface area contributed by atoms with E-state index in [-0.39, 0.29) is 0 Å². The number of aromatic amines is 1. The first-order valence-electron chi connectivity index (χ1n) is 3.76. The number of imidazole rings is 1. The van der Waals surface area contributed by atoms with Crippen LogP contribution in [-0.4, -0.2) is 9.97 Å². The van der Waals surface area contributed by atoms with E-state index in [4.69, 9.17) is 11.6 Å². The van der Waals surface area contributed by atoms with E-state index >= 15 is 0 Å². The van der Waals surface area contributed by atoms with Gasteiger partial charge in [0, 0.05) is 0 Å². The molecule has 0 atom stereocenters. The number of aromatic nitrogens is 2. The summed E-state index contributed by atoms with van der Waals surface area (Å²) in [5.41, 5.74) is 2.15. The number of hydrogen-bond donors (Lipinski definition) is 1. The normalized spacial score (nSPS) is 11.0. The van der Waals surface area contributed by atoms with Crippen molar-refractivity contribution in [1.82, 2.24) is 9.97 Å². The molecule has 0 fully saturated rings. The highest BCUT2D eigenvalue weighted by Crippen LogP contribution is 2.17. The van der Waals surface area contributed by atoms with Gasteiger partial charge in [0.2, 0.25) is 0 Å². The fraction of sp³-hybridized carbons (Fsp3) is 0.625. The van der Waals surface area contributed by atoms with Crippen molar-refractivity contribution < 1.29 is 0 Å². The lowest BCUT2D eigenvalue weighted by Crippen LogP contribution is -1.92. The van der Waals surface area contributed by atoms with E-state index < -0.39 is 0 Å². The van der Waals surface area contributed by atoms with Crippen LogP contribution >= 0.6 is 11.6 Å². The maximum atomic E-state index is 5.72. The molecule has 0 bridgehead atoms. The molecule has 1 aromatic rings. The Bertz CT molecular complexity index is 240. The molecule has 1 heterocycles. The third kappa shape index (κ3) is 1.74. The number of alkyl halides is 1. The van der Waals surface area contributed by atoms with Crippen molar-refractivity contribution in [2.75, 3.05) is 0 Å². The van der Waals surface area contributed by atoms with Crippen LogP contribution in [-0.2, 0) is 5.88 Å². The summed E-state index contributed by atoms with van der Waals surface area (Å²) < 4.78 is 0. The van der Waals surface area contributed by atoms with Gasteiger partial charge >= 0.3 is 0 Å².